The first-order valence-electron chi connectivity index (χ1n) is 10.0. The molecular formula is C26H16F2N2O2S. The van der Waals surface area contributed by atoms with Crippen molar-refractivity contribution in [3.8, 4) is 33.5 Å². The summed E-state index contributed by atoms with van der Waals surface area (Å²) in [6, 6.07) is 15.9. The maximum absolute atomic E-state index is 13.8. The fourth-order valence-electron chi connectivity index (χ4n) is 3.80. The Balaban J connectivity index is 1.95. The Labute approximate surface area is 192 Å². The molecule has 0 aliphatic heterocycles. The Morgan fingerprint density at radius 3 is 2.00 bits per heavy atom. The van der Waals surface area contributed by atoms with E-state index < -0.39 is 5.97 Å². The Kier molecular flexibility index (Phi) is 5.40. The Bertz CT molecular complexity index is 1470. The molecule has 0 fully saturated rings. The van der Waals surface area contributed by atoms with Gasteiger partial charge >= 0.3 is 5.97 Å². The molecule has 7 heteroatoms. The standard InChI is InChI=1S/C26H16F2N2O2S/c1-32-26(31)20-14-33-25-22(15-2-6-18(27)7-3-15)21(16-10-12-29-13-11-16)23(30-24(20)25)17-4-8-19(28)9-5-17/h2-14H,1H3. The fraction of sp³-hybridized carbons (Fsp3) is 0.0385. The molecule has 2 aromatic carbocycles. The molecular weight excluding hydrogens is 442 g/mol. The van der Waals surface area contributed by atoms with E-state index >= 15 is 0 Å². The Morgan fingerprint density at radius 1 is 0.818 bits per heavy atom. The highest BCUT2D eigenvalue weighted by molar-refractivity contribution is 7.18. The van der Waals surface area contributed by atoms with Crippen molar-refractivity contribution in [2.45, 2.75) is 0 Å². The lowest BCUT2D eigenvalue weighted by Gasteiger charge is -2.17. The zero-order chi connectivity index (χ0) is 22.9. The molecule has 162 valence electrons. The number of nitrogens with zero attached hydrogens (tertiary/aromatic N) is 2. The van der Waals surface area contributed by atoms with E-state index in [2.05, 4.69) is 4.98 Å². The smallest absolute Gasteiger partial charge is 0.340 e. The molecule has 5 rings (SSSR count). The van der Waals surface area contributed by atoms with Crippen LogP contribution in [-0.4, -0.2) is 23.0 Å². The average Bonchev–Trinajstić information content (AvgIpc) is 3.28. The molecule has 0 saturated heterocycles. The first-order chi connectivity index (χ1) is 16.1. The van der Waals surface area contributed by atoms with Gasteiger partial charge in [0.2, 0.25) is 0 Å². The number of esters is 1. The average molecular weight is 458 g/mol. The third kappa shape index (κ3) is 3.76. The van der Waals surface area contributed by atoms with Gasteiger partial charge in [-0.15, -0.1) is 11.3 Å². The van der Waals surface area contributed by atoms with Gasteiger partial charge in [0.25, 0.3) is 0 Å². The molecule has 0 saturated carbocycles. The van der Waals surface area contributed by atoms with Gasteiger partial charge in [0, 0.05) is 34.5 Å². The number of carbonyl (C=O) groups excluding carboxylic acids is 1. The van der Waals surface area contributed by atoms with Gasteiger partial charge in [-0.2, -0.15) is 0 Å². The van der Waals surface area contributed by atoms with Crippen molar-refractivity contribution in [1.82, 2.24) is 9.97 Å². The SMILES string of the molecule is COC(=O)c1csc2c(-c3ccc(F)cc3)c(-c3ccncc3)c(-c3ccc(F)cc3)nc12. The number of benzene rings is 2. The van der Waals surface area contributed by atoms with Crippen LogP contribution < -0.4 is 0 Å². The Morgan fingerprint density at radius 2 is 1.39 bits per heavy atom. The van der Waals surface area contributed by atoms with Crippen molar-refractivity contribution in [3.05, 3.63) is 95.6 Å². The number of halogens is 2. The zero-order valence-corrected chi connectivity index (χ0v) is 18.2. The van der Waals surface area contributed by atoms with E-state index in [1.54, 1.807) is 42.0 Å². The van der Waals surface area contributed by atoms with E-state index in [4.69, 9.17) is 9.72 Å². The maximum Gasteiger partial charge on any atom is 0.340 e. The number of carbonyl (C=O) groups is 1. The number of hydrogen-bond donors (Lipinski definition) is 0. The number of rotatable bonds is 4. The summed E-state index contributed by atoms with van der Waals surface area (Å²) in [6.07, 6.45) is 3.35. The summed E-state index contributed by atoms with van der Waals surface area (Å²) < 4.78 is 33.2. The van der Waals surface area contributed by atoms with Crippen molar-refractivity contribution in [2.75, 3.05) is 7.11 Å². The summed E-state index contributed by atoms with van der Waals surface area (Å²) in [5.74, 6) is -1.22. The largest absolute Gasteiger partial charge is 0.465 e. The van der Waals surface area contributed by atoms with Gasteiger partial charge in [-0.05, 0) is 59.7 Å². The van der Waals surface area contributed by atoms with Crippen molar-refractivity contribution in [3.63, 3.8) is 0 Å². The van der Waals surface area contributed by atoms with Crippen LogP contribution in [0.25, 0.3) is 43.7 Å². The second-order valence-corrected chi connectivity index (χ2v) is 8.16. The molecule has 5 aromatic rings. The summed E-state index contributed by atoms with van der Waals surface area (Å²) in [4.78, 5) is 21.5. The van der Waals surface area contributed by atoms with E-state index in [1.807, 2.05) is 12.1 Å². The fourth-order valence-corrected chi connectivity index (χ4v) is 4.85. The molecule has 0 spiro atoms. The van der Waals surface area contributed by atoms with E-state index in [-0.39, 0.29) is 11.6 Å². The van der Waals surface area contributed by atoms with Crippen LogP contribution >= 0.6 is 11.3 Å². The van der Waals surface area contributed by atoms with E-state index in [9.17, 15) is 13.6 Å². The second-order valence-electron chi connectivity index (χ2n) is 7.28. The van der Waals surface area contributed by atoms with Crippen molar-refractivity contribution in [2.24, 2.45) is 0 Å². The maximum atomic E-state index is 13.8. The van der Waals surface area contributed by atoms with Gasteiger partial charge in [0.05, 0.1) is 28.6 Å². The number of aromatic nitrogens is 2. The van der Waals surface area contributed by atoms with Crippen LogP contribution in [-0.2, 0) is 4.74 Å². The Hall–Kier alpha value is -3.97. The number of thiophene rings is 1. The normalized spacial score (nSPS) is 11.0. The quantitative estimate of drug-likeness (QED) is 0.279. The van der Waals surface area contributed by atoms with Gasteiger partial charge in [-0.25, -0.2) is 18.6 Å². The minimum absolute atomic E-state index is 0.338. The van der Waals surface area contributed by atoms with E-state index in [0.717, 1.165) is 27.0 Å². The zero-order valence-electron chi connectivity index (χ0n) is 17.4. The summed E-state index contributed by atoms with van der Waals surface area (Å²) in [7, 11) is 1.32. The van der Waals surface area contributed by atoms with Crippen LogP contribution in [0.15, 0.2) is 78.4 Å². The molecule has 0 aliphatic carbocycles. The first kappa shape index (κ1) is 20.9. The lowest BCUT2D eigenvalue weighted by Crippen LogP contribution is -2.02. The van der Waals surface area contributed by atoms with Crippen molar-refractivity contribution < 1.29 is 18.3 Å². The lowest BCUT2D eigenvalue weighted by atomic mass is 9.90. The molecule has 4 nitrogen and oxygen atoms in total. The molecule has 3 heterocycles. The molecule has 0 N–H and O–H groups in total. The summed E-state index contributed by atoms with van der Waals surface area (Å²) in [6.45, 7) is 0. The predicted molar refractivity (Wildman–Crippen MR) is 125 cm³/mol. The minimum Gasteiger partial charge on any atom is -0.465 e. The molecule has 0 atom stereocenters. The van der Waals surface area contributed by atoms with Gasteiger partial charge in [-0.1, -0.05) is 12.1 Å². The van der Waals surface area contributed by atoms with Crippen molar-refractivity contribution >= 4 is 27.5 Å². The van der Waals surface area contributed by atoms with Gasteiger partial charge in [0.1, 0.15) is 11.6 Å². The van der Waals surface area contributed by atoms with Gasteiger partial charge in [0.15, 0.2) is 0 Å². The lowest BCUT2D eigenvalue weighted by molar-refractivity contribution is 0.0603. The topological polar surface area (TPSA) is 52.1 Å². The first-order valence-corrected chi connectivity index (χ1v) is 10.9. The predicted octanol–water partition coefficient (Wildman–Crippen LogP) is 6.76. The monoisotopic (exact) mass is 458 g/mol. The highest BCUT2D eigenvalue weighted by Gasteiger charge is 2.24. The molecule has 0 radical (unpaired) electrons. The second kappa shape index (κ2) is 8.52. The molecule has 0 bridgehead atoms. The van der Waals surface area contributed by atoms with Gasteiger partial charge < -0.3 is 4.74 Å². The van der Waals surface area contributed by atoms with Crippen LogP contribution in [0.2, 0.25) is 0 Å². The highest BCUT2D eigenvalue weighted by Crippen LogP contribution is 2.45. The highest BCUT2D eigenvalue weighted by atomic mass is 32.1. The summed E-state index contributed by atoms with van der Waals surface area (Å²) >= 11 is 1.37. The molecule has 0 aliphatic rings. The van der Waals surface area contributed by atoms with Crippen LogP contribution in [0.1, 0.15) is 10.4 Å². The summed E-state index contributed by atoms with van der Waals surface area (Å²) in [5.41, 5.74) is 5.23. The van der Waals surface area contributed by atoms with Crippen LogP contribution in [0.4, 0.5) is 8.78 Å². The third-order valence-electron chi connectivity index (χ3n) is 5.33. The third-order valence-corrected chi connectivity index (χ3v) is 6.31. The summed E-state index contributed by atoms with van der Waals surface area (Å²) in [5, 5.41) is 1.71. The van der Waals surface area contributed by atoms with E-state index in [0.29, 0.717) is 22.3 Å². The van der Waals surface area contributed by atoms with Crippen molar-refractivity contribution in [1.29, 1.82) is 0 Å². The molecule has 3 aromatic heterocycles. The number of pyridine rings is 2. The molecule has 0 unspecified atom stereocenters. The van der Waals surface area contributed by atoms with E-state index in [1.165, 1.54) is 42.7 Å². The molecule has 33 heavy (non-hydrogen) atoms. The van der Waals surface area contributed by atoms with Crippen LogP contribution in [0.3, 0.4) is 0 Å². The minimum atomic E-state index is -0.500. The number of ether oxygens (including phenoxy) is 1. The number of methoxy groups -OCH3 is 1. The van der Waals surface area contributed by atoms with Gasteiger partial charge in [-0.3, -0.25) is 4.98 Å². The van der Waals surface area contributed by atoms with Crippen LogP contribution in [0.5, 0.6) is 0 Å². The van der Waals surface area contributed by atoms with Crippen LogP contribution in [0, 0.1) is 11.6 Å². The number of fused-ring (bicyclic) bond motifs is 1. The number of hydrogen-bond acceptors (Lipinski definition) is 5. The molecule has 0 amide bonds.